The number of nitrogens with zero attached hydrogens (tertiary/aromatic N) is 1. The van der Waals surface area contributed by atoms with Crippen LogP contribution in [0.2, 0.25) is 0 Å². The lowest BCUT2D eigenvalue weighted by molar-refractivity contribution is -0.149. The Morgan fingerprint density at radius 2 is 1.92 bits per heavy atom. The zero-order chi connectivity index (χ0) is 19.0. The topological polar surface area (TPSA) is 70.7 Å². The number of hydrogen-bond donors (Lipinski definition) is 2. The third-order valence-electron chi connectivity index (χ3n) is 4.84. The van der Waals surface area contributed by atoms with Crippen LogP contribution in [0.3, 0.4) is 0 Å². The second kappa shape index (κ2) is 9.64. The minimum atomic E-state index is -0.562. The molecule has 26 heavy (non-hydrogen) atoms. The molecule has 2 N–H and O–H groups in total. The van der Waals surface area contributed by atoms with Crippen molar-refractivity contribution in [1.82, 2.24) is 15.5 Å². The van der Waals surface area contributed by atoms with Gasteiger partial charge in [-0.25, -0.2) is 4.39 Å². The van der Waals surface area contributed by atoms with Gasteiger partial charge in [0.1, 0.15) is 5.82 Å². The summed E-state index contributed by atoms with van der Waals surface area (Å²) in [6.45, 7) is 4.54. The predicted octanol–water partition coefficient (Wildman–Crippen LogP) is 1.31. The highest BCUT2D eigenvalue weighted by molar-refractivity contribution is 5.88. The number of benzene rings is 1. The van der Waals surface area contributed by atoms with Crippen LogP contribution >= 0.6 is 0 Å². The quantitative estimate of drug-likeness (QED) is 0.729. The zero-order valence-electron chi connectivity index (χ0n) is 15.5. The molecule has 2 amide bonds. The standard InChI is InChI=1S/C19H28FN3O3/c1-3-23(18(25)19(14-26-2)8-10-21-11-9-19)13-17(24)22-12-15-4-6-16(20)7-5-15/h4-7,21H,3,8-14H2,1-2H3,(H,22,24). The van der Waals surface area contributed by atoms with E-state index in [0.29, 0.717) is 32.5 Å². The van der Waals surface area contributed by atoms with Crippen molar-refractivity contribution in [2.45, 2.75) is 26.3 Å². The van der Waals surface area contributed by atoms with Gasteiger partial charge in [-0.15, -0.1) is 0 Å². The number of ether oxygens (including phenoxy) is 1. The summed E-state index contributed by atoms with van der Waals surface area (Å²) in [4.78, 5) is 27.0. The fourth-order valence-electron chi connectivity index (χ4n) is 3.30. The molecular weight excluding hydrogens is 337 g/mol. The molecule has 6 nitrogen and oxygen atoms in total. The number of nitrogens with one attached hydrogen (secondary N) is 2. The summed E-state index contributed by atoms with van der Waals surface area (Å²) in [7, 11) is 1.60. The number of rotatable bonds is 8. The number of amides is 2. The van der Waals surface area contributed by atoms with Crippen LogP contribution in [0.5, 0.6) is 0 Å². The second-order valence-corrected chi connectivity index (χ2v) is 6.69. The van der Waals surface area contributed by atoms with Crippen molar-refractivity contribution < 1.29 is 18.7 Å². The lowest BCUT2D eigenvalue weighted by Gasteiger charge is -2.39. The molecule has 1 aromatic rings. The molecule has 2 rings (SSSR count). The number of piperidine rings is 1. The monoisotopic (exact) mass is 365 g/mol. The van der Waals surface area contributed by atoms with Crippen LogP contribution in [-0.2, 0) is 20.9 Å². The van der Waals surface area contributed by atoms with E-state index in [4.69, 9.17) is 4.74 Å². The molecule has 0 atom stereocenters. The summed E-state index contributed by atoms with van der Waals surface area (Å²) in [5, 5.41) is 6.05. The lowest BCUT2D eigenvalue weighted by Crippen LogP contribution is -2.53. The number of likely N-dealkylation sites (N-methyl/N-ethyl adjacent to an activating group) is 1. The smallest absolute Gasteiger partial charge is 0.239 e. The van der Waals surface area contributed by atoms with Gasteiger partial charge >= 0.3 is 0 Å². The van der Waals surface area contributed by atoms with E-state index in [0.717, 1.165) is 18.7 Å². The van der Waals surface area contributed by atoms with Gasteiger partial charge in [0.25, 0.3) is 0 Å². The summed E-state index contributed by atoms with van der Waals surface area (Å²) in [6.07, 6.45) is 1.40. The molecule has 144 valence electrons. The van der Waals surface area contributed by atoms with Crippen molar-refractivity contribution in [3.63, 3.8) is 0 Å². The zero-order valence-corrected chi connectivity index (χ0v) is 15.5. The third-order valence-corrected chi connectivity index (χ3v) is 4.84. The van der Waals surface area contributed by atoms with Gasteiger partial charge in [0.15, 0.2) is 0 Å². The molecule has 0 saturated carbocycles. The van der Waals surface area contributed by atoms with E-state index >= 15 is 0 Å². The summed E-state index contributed by atoms with van der Waals surface area (Å²) >= 11 is 0. The molecule has 0 radical (unpaired) electrons. The van der Waals surface area contributed by atoms with E-state index in [9.17, 15) is 14.0 Å². The van der Waals surface area contributed by atoms with Gasteiger partial charge in [-0.05, 0) is 50.6 Å². The number of carbonyl (C=O) groups is 2. The normalized spacial score (nSPS) is 16.1. The van der Waals surface area contributed by atoms with Crippen LogP contribution in [0.25, 0.3) is 0 Å². The van der Waals surface area contributed by atoms with Gasteiger partial charge in [0, 0.05) is 20.2 Å². The average molecular weight is 365 g/mol. The number of methoxy groups -OCH3 is 1. The van der Waals surface area contributed by atoms with E-state index in [2.05, 4.69) is 10.6 Å². The Morgan fingerprint density at radius 3 is 2.50 bits per heavy atom. The highest BCUT2D eigenvalue weighted by atomic mass is 19.1. The molecule has 7 heteroatoms. The van der Waals surface area contributed by atoms with Gasteiger partial charge < -0.3 is 20.3 Å². The van der Waals surface area contributed by atoms with Gasteiger partial charge in [0.2, 0.25) is 11.8 Å². The van der Waals surface area contributed by atoms with Gasteiger partial charge in [-0.3, -0.25) is 9.59 Å². The van der Waals surface area contributed by atoms with Crippen LogP contribution in [0.1, 0.15) is 25.3 Å². The van der Waals surface area contributed by atoms with Gasteiger partial charge in [-0.2, -0.15) is 0 Å². The third kappa shape index (κ3) is 5.25. The van der Waals surface area contributed by atoms with Gasteiger partial charge in [-0.1, -0.05) is 12.1 Å². The number of hydrogen-bond acceptors (Lipinski definition) is 4. The Labute approximate surface area is 154 Å². The predicted molar refractivity (Wildman–Crippen MR) is 96.9 cm³/mol. The molecule has 1 aromatic carbocycles. The largest absolute Gasteiger partial charge is 0.384 e. The first-order chi connectivity index (χ1) is 12.5. The number of carbonyl (C=O) groups excluding carboxylic acids is 2. The van der Waals surface area contributed by atoms with E-state index in [-0.39, 0.29) is 24.2 Å². The molecule has 0 unspecified atom stereocenters. The highest BCUT2D eigenvalue weighted by Gasteiger charge is 2.42. The van der Waals surface area contributed by atoms with E-state index in [1.54, 1.807) is 24.1 Å². The fourth-order valence-corrected chi connectivity index (χ4v) is 3.30. The minimum absolute atomic E-state index is 0.00935. The van der Waals surface area contributed by atoms with Crippen molar-refractivity contribution in [3.05, 3.63) is 35.6 Å². The molecular formula is C19H28FN3O3. The molecule has 0 bridgehead atoms. The Balaban J connectivity index is 1.94. The maximum absolute atomic E-state index is 13.1. The summed E-state index contributed by atoms with van der Waals surface area (Å²) in [5.74, 6) is -0.570. The summed E-state index contributed by atoms with van der Waals surface area (Å²) in [6, 6.07) is 5.96. The number of halogens is 1. The molecule has 1 aliphatic heterocycles. The minimum Gasteiger partial charge on any atom is -0.384 e. The lowest BCUT2D eigenvalue weighted by atomic mass is 9.78. The van der Waals surface area contributed by atoms with Crippen LogP contribution in [-0.4, -0.2) is 56.6 Å². The maximum atomic E-state index is 13.1. The Morgan fingerprint density at radius 1 is 1.27 bits per heavy atom. The average Bonchev–Trinajstić information content (AvgIpc) is 2.66. The maximum Gasteiger partial charge on any atom is 0.239 e. The first kappa shape index (κ1) is 20.3. The first-order valence-electron chi connectivity index (χ1n) is 9.01. The fraction of sp³-hybridized carbons (Fsp3) is 0.579. The molecule has 0 aromatic heterocycles. The Bertz CT molecular complexity index is 595. The van der Waals surface area contributed by atoms with Crippen LogP contribution in [0.15, 0.2) is 24.3 Å². The van der Waals surface area contributed by atoms with E-state index < -0.39 is 5.41 Å². The van der Waals surface area contributed by atoms with E-state index in [1.165, 1.54) is 12.1 Å². The molecule has 1 heterocycles. The van der Waals surface area contributed by atoms with Crippen molar-refractivity contribution in [3.8, 4) is 0 Å². The van der Waals surface area contributed by atoms with Crippen molar-refractivity contribution in [2.24, 2.45) is 5.41 Å². The Hall–Kier alpha value is -1.99. The van der Waals surface area contributed by atoms with Crippen molar-refractivity contribution >= 4 is 11.8 Å². The first-order valence-corrected chi connectivity index (χ1v) is 9.01. The van der Waals surface area contributed by atoms with Crippen LogP contribution in [0.4, 0.5) is 4.39 Å². The molecule has 0 spiro atoms. The van der Waals surface area contributed by atoms with Crippen molar-refractivity contribution in [1.29, 1.82) is 0 Å². The molecule has 1 aliphatic rings. The van der Waals surface area contributed by atoms with Gasteiger partial charge in [0.05, 0.1) is 18.6 Å². The highest BCUT2D eigenvalue weighted by Crippen LogP contribution is 2.31. The second-order valence-electron chi connectivity index (χ2n) is 6.69. The summed E-state index contributed by atoms with van der Waals surface area (Å²) < 4.78 is 18.2. The van der Waals surface area contributed by atoms with Crippen LogP contribution in [0, 0.1) is 11.2 Å². The molecule has 0 aliphatic carbocycles. The summed E-state index contributed by atoms with van der Waals surface area (Å²) in [5.41, 5.74) is 0.246. The molecule has 1 saturated heterocycles. The van der Waals surface area contributed by atoms with Crippen molar-refractivity contribution in [2.75, 3.05) is 39.9 Å². The SMILES string of the molecule is CCN(CC(=O)NCc1ccc(F)cc1)C(=O)C1(COC)CCNCC1. The molecule has 1 fully saturated rings. The Kier molecular flexibility index (Phi) is 7.53. The van der Waals surface area contributed by atoms with Crippen LogP contribution < -0.4 is 10.6 Å². The van der Waals surface area contributed by atoms with E-state index in [1.807, 2.05) is 6.92 Å².